The number of aryl methyl sites for hydroxylation is 1. The summed E-state index contributed by atoms with van der Waals surface area (Å²) in [4.78, 5) is 25.5. The van der Waals surface area contributed by atoms with Gasteiger partial charge in [-0.3, -0.25) is 10.1 Å². The Hall–Kier alpha value is -2.14. The minimum Gasteiger partial charge on any atom is -0.444 e. The molecular weight excluding hydrogens is 310 g/mol. The monoisotopic (exact) mass is 329 g/mol. The fourth-order valence-electron chi connectivity index (χ4n) is 2.41. The minimum atomic E-state index is -0.528. The van der Waals surface area contributed by atoms with Crippen LogP contribution in [0.3, 0.4) is 0 Å². The number of rotatable bonds is 5. The Balaban J connectivity index is 1.68. The molecule has 120 valence electrons. The lowest BCUT2D eigenvalue weighted by atomic mass is 10.0. The van der Waals surface area contributed by atoms with Crippen LogP contribution in [0.4, 0.5) is 9.80 Å². The molecule has 0 aliphatic heterocycles. The van der Waals surface area contributed by atoms with Crippen molar-refractivity contribution in [3.8, 4) is 0 Å². The molecule has 1 saturated carbocycles. The van der Waals surface area contributed by atoms with E-state index in [1.165, 1.54) is 11.3 Å². The Labute approximate surface area is 139 Å². The third kappa shape index (κ3) is 3.62. The second kappa shape index (κ2) is 6.54. The van der Waals surface area contributed by atoms with Crippen LogP contribution in [0.15, 0.2) is 30.3 Å². The van der Waals surface area contributed by atoms with Gasteiger partial charge in [0, 0.05) is 10.8 Å². The third-order valence-electron chi connectivity index (χ3n) is 4.01. The number of thiophene rings is 1. The molecule has 1 aromatic carbocycles. The number of carbonyl (C=O) groups is 2. The Kier molecular flexibility index (Phi) is 4.48. The van der Waals surface area contributed by atoms with Gasteiger partial charge >= 0.3 is 6.09 Å². The number of hydrogen-bond donors (Lipinski definition) is 1. The van der Waals surface area contributed by atoms with Crippen molar-refractivity contribution in [1.82, 2.24) is 0 Å². The summed E-state index contributed by atoms with van der Waals surface area (Å²) < 4.78 is 5.24. The first-order valence-corrected chi connectivity index (χ1v) is 8.50. The highest BCUT2D eigenvalue weighted by Gasteiger charge is 2.34. The molecule has 23 heavy (non-hydrogen) atoms. The Morgan fingerprint density at radius 1 is 1.22 bits per heavy atom. The van der Waals surface area contributed by atoms with Crippen LogP contribution in [0.1, 0.15) is 39.2 Å². The maximum absolute atomic E-state index is 12.4. The summed E-state index contributed by atoms with van der Waals surface area (Å²) in [5.41, 5.74) is 2.55. The molecule has 1 aromatic heterocycles. The molecule has 2 aromatic rings. The summed E-state index contributed by atoms with van der Waals surface area (Å²) in [5.74, 6) is 0.272. The van der Waals surface area contributed by atoms with Gasteiger partial charge in [0.1, 0.15) is 11.6 Å². The van der Waals surface area contributed by atoms with Gasteiger partial charge in [0.2, 0.25) is 0 Å². The van der Waals surface area contributed by atoms with Gasteiger partial charge in [-0.25, -0.2) is 4.79 Å². The van der Waals surface area contributed by atoms with E-state index < -0.39 is 6.09 Å². The SMILES string of the molecule is Cc1sc(NC(=O)OCc2ccccc2)c(C(=O)C2CC2)c1C. The lowest BCUT2D eigenvalue weighted by Gasteiger charge is -2.08. The quantitative estimate of drug-likeness (QED) is 0.809. The van der Waals surface area contributed by atoms with Gasteiger partial charge in [0.05, 0.1) is 5.56 Å². The summed E-state index contributed by atoms with van der Waals surface area (Å²) in [7, 11) is 0. The Bertz CT molecular complexity index is 732. The first-order valence-electron chi connectivity index (χ1n) is 7.68. The third-order valence-corrected chi connectivity index (χ3v) is 5.13. The van der Waals surface area contributed by atoms with Crippen LogP contribution in [0.25, 0.3) is 0 Å². The molecule has 1 N–H and O–H groups in total. The molecule has 1 heterocycles. The summed E-state index contributed by atoms with van der Waals surface area (Å²) in [5, 5.41) is 3.35. The highest BCUT2D eigenvalue weighted by atomic mass is 32.1. The van der Waals surface area contributed by atoms with Crippen LogP contribution in [-0.4, -0.2) is 11.9 Å². The van der Waals surface area contributed by atoms with E-state index in [4.69, 9.17) is 4.74 Å². The number of nitrogens with one attached hydrogen (secondary N) is 1. The predicted molar refractivity (Wildman–Crippen MR) is 91.1 cm³/mol. The van der Waals surface area contributed by atoms with Gasteiger partial charge in [-0.05, 0) is 37.8 Å². The topological polar surface area (TPSA) is 55.4 Å². The predicted octanol–water partition coefficient (Wildman–Crippen LogP) is 4.71. The number of ether oxygens (including phenoxy) is 1. The van der Waals surface area contributed by atoms with Gasteiger partial charge in [-0.1, -0.05) is 30.3 Å². The van der Waals surface area contributed by atoms with Crippen molar-refractivity contribution >= 4 is 28.2 Å². The van der Waals surface area contributed by atoms with E-state index in [9.17, 15) is 9.59 Å². The van der Waals surface area contributed by atoms with Crippen molar-refractivity contribution in [3.63, 3.8) is 0 Å². The lowest BCUT2D eigenvalue weighted by Crippen LogP contribution is -2.15. The van der Waals surface area contributed by atoms with E-state index in [-0.39, 0.29) is 18.3 Å². The molecule has 0 atom stereocenters. The molecule has 0 saturated heterocycles. The molecule has 4 nitrogen and oxygen atoms in total. The fourth-order valence-corrected chi connectivity index (χ4v) is 3.46. The zero-order chi connectivity index (χ0) is 16.4. The fraction of sp³-hybridized carbons (Fsp3) is 0.333. The molecule has 0 unspecified atom stereocenters. The lowest BCUT2D eigenvalue weighted by molar-refractivity contribution is 0.0968. The average molecular weight is 329 g/mol. The van der Waals surface area contributed by atoms with Crippen LogP contribution in [0.2, 0.25) is 0 Å². The van der Waals surface area contributed by atoms with Gasteiger partial charge in [0.15, 0.2) is 5.78 Å². The number of hydrogen-bond acceptors (Lipinski definition) is 4. The second-order valence-corrected chi connectivity index (χ2v) is 7.04. The zero-order valence-corrected chi connectivity index (χ0v) is 14.0. The molecule has 1 amide bonds. The molecule has 0 spiro atoms. The number of anilines is 1. The summed E-state index contributed by atoms with van der Waals surface area (Å²) in [6.45, 7) is 4.11. The highest BCUT2D eigenvalue weighted by Crippen LogP contribution is 2.40. The maximum Gasteiger partial charge on any atom is 0.412 e. The summed E-state index contributed by atoms with van der Waals surface area (Å²) in [6.07, 6.45) is 1.37. The van der Waals surface area contributed by atoms with Gasteiger partial charge in [0.25, 0.3) is 0 Å². The number of amides is 1. The number of benzene rings is 1. The van der Waals surface area contributed by atoms with Crippen molar-refractivity contribution in [2.24, 2.45) is 5.92 Å². The first kappa shape index (κ1) is 15.7. The van der Waals surface area contributed by atoms with Gasteiger partial charge < -0.3 is 4.74 Å². The van der Waals surface area contributed by atoms with E-state index in [2.05, 4.69) is 5.32 Å². The molecule has 5 heteroatoms. The van der Waals surface area contributed by atoms with Crippen LogP contribution < -0.4 is 5.32 Å². The molecule has 1 aliphatic rings. The van der Waals surface area contributed by atoms with Crippen LogP contribution >= 0.6 is 11.3 Å². The van der Waals surface area contributed by atoms with Crippen LogP contribution in [-0.2, 0) is 11.3 Å². The van der Waals surface area contributed by atoms with Crippen molar-refractivity contribution in [2.45, 2.75) is 33.3 Å². The van der Waals surface area contributed by atoms with Crippen LogP contribution in [0, 0.1) is 19.8 Å². The van der Waals surface area contributed by atoms with Crippen LogP contribution in [0.5, 0.6) is 0 Å². The van der Waals surface area contributed by atoms with Crippen molar-refractivity contribution in [2.75, 3.05) is 5.32 Å². The molecule has 1 aliphatic carbocycles. The zero-order valence-electron chi connectivity index (χ0n) is 13.2. The van der Waals surface area contributed by atoms with Gasteiger partial charge in [-0.2, -0.15) is 0 Å². The molecule has 0 bridgehead atoms. The number of carbonyl (C=O) groups excluding carboxylic acids is 2. The molecule has 3 rings (SSSR count). The molecule has 1 fully saturated rings. The summed E-state index contributed by atoms with van der Waals surface area (Å²) >= 11 is 1.43. The Morgan fingerprint density at radius 2 is 1.91 bits per heavy atom. The summed E-state index contributed by atoms with van der Waals surface area (Å²) in [6, 6.07) is 9.50. The van der Waals surface area contributed by atoms with Gasteiger partial charge in [-0.15, -0.1) is 11.3 Å². The van der Waals surface area contributed by atoms with E-state index in [0.717, 1.165) is 28.8 Å². The minimum absolute atomic E-state index is 0.128. The smallest absolute Gasteiger partial charge is 0.412 e. The molecular formula is C18H19NO3S. The normalized spacial score (nSPS) is 13.7. The maximum atomic E-state index is 12.4. The standard InChI is InChI=1S/C18H19NO3S/c1-11-12(2)23-17(15(11)16(20)14-8-9-14)19-18(21)22-10-13-6-4-3-5-7-13/h3-7,14H,8-10H2,1-2H3,(H,19,21). The number of ketones is 1. The van der Waals surface area contributed by atoms with Crippen molar-refractivity contribution in [1.29, 1.82) is 0 Å². The van der Waals surface area contributed by atoms with E-state index in [0.29, 0.717) is 10.6 Å². The van der Waals surface area contributed by atoms with E-state index >= 15 is 0 Å². The number of Topliss-reactive ketones (excluding diaryl/α,β-unsaturated/α-hetero) is 1. The van der Waals surface area contributed by atoms with Crippen molar-refractivity contribution < 1.29 is 14.3 Å². The molecule has 0 radical (unpaired) electrons. The van der Waals surface area contributed by atoms with Crippen molar-refractivity contribution in [3.05, 3.63) is 51.9 Å². The average Bonchev–Trinajstić information content (AvgIpc) is 3.34. The second-order valence-electron chi connectivity index (χ2n) is 5.81. The largest absolute Gasteiger partial charge is 0.444 e. The van der Waals surface area contributed by atoms with E-state index in [1.807, 2.05) is 44.2 Å². The van der Waals surface area contributed by atoms with E-state index in [1.54, 1.807) is 0 Å². The first-order chi connectivity index (χ1) is 11.1. The Morgan fingerprint density at radius 3 is 2.57 bits per heavy atom. The highest BCUT2D eigenvalue weighted by molar-refractivity contribution is 7.16.